The third-order valence-corrected chi connectivity index (χ3v) is 1.71. The molecular formula is C4H5NO3S. The molecule has 0 atom stereocenters. The fraction of sp³-hybridized carbons (Fsp3) is 0.250. The second-order valence-corrected chi connectivity index (χ2v) is 3.54. The van der Waals surface area contributed by atoms with E-state index in [9.17, 15) is 8.42 Å². The maximum Gasteiger partial charge on any atom is 0.237 e. The molecule has 0 N–H and O–H groups in total. The van der Waals surface area contributed by atoms with Crippen molar-refractivity contribution in [3.05, 3.63) is 12.6 Å². The van der Waals surface area contributed by atoms with E-state index < -0.39 is 9.84 Å². The van der Waals surface area contributed by atoms with E-state index in [1.54, 1.807) is 0 Å². The smallest absolute Gasteiger partial charge is 0.237 e. The van der Waals surface area contributed by atoms with Gasteiger partial charge in [-0.2, -0.15) is 0 Å². The number of sulfone groups is 1. The first kappa shape index (κ1) is 6.28. The summed E-state index contributed by atoms with van der Waals surface area (Å²) in [6.45, 7) is 0. The fourth-order valence-corrected chi connectivity index (χ4v) is 0.857. The number of nitrogens with zero attached hydrogens (tertiary/aromatic N) is 1. The third kappa shape index (κ3) is 1.29. The predicted octanol–water partition coefficient (Wildman–Crippen LogP) is 0.0781. The molecule has 0 radical (unpaired) electrons. The van der Waals surface area contributed by atoms with Crippen LogP contribution in [-0.2, 0) is 9.84 Å². The topological polar surface area (TPSA) is 60.2 Å². The average Bonchev–Trinajstić information content (AvgIpc) is 2.08. The normalized spacial score (nSPS) is 11.7. The van der Waals surface area contributed by atoms with Gasteiger partial charge in [-0.15, -0.1) is 0 Å². The summed E-state index contributed by atoms with van der Waals surface area (Å²) in [6.07, 6.45) is 3.30. The Morgan fingerprint density at radius 3 is 2.56 bits per heavy atom. The molecule has 0 bridgehead atoms. The van der Waals surface area contributed by atoms with Gasteiger partial charge in [0.05, 0.1) is 6.20 Å². The van der Waals surface area contributed by atoms with Gasteiger partial charge in [-0.05, 0) is 0 Å². The van der Waals surface area contributed by atoms with Crippen molar-refractivity contribution in [3.8, 4) is 0 Å². The van der Waals surface area contributed by atoms with Gasteiger partial charge in [0.25, 0.3) is 0 Å². The zero-order valence-corrected chi connectivity index (χ0v) is 5.55. The molecule has 0 saturated heterocycles. The van der Waals surface area contributed by atoms with Crippen molar-refractivity contribution >= 4 is 9.84 Å². The van der Waals surface area contributed by atoms with Crippen LogP contribution in [0.25, 0.3) is 0 Å². The standard InChI is InChI=1S/C4H5NO3S/c1-9(6,7)4-2-5-3-8-4/h2-3H,1H3. The Labute approximate surface area is 52.4 Å². The van der Waals surface area contributed by atoms with Gasteiger partial charge in [-0.1, -0.05) is 0 Å². The average molecular weight is 147 g/mol. The minimum atomic E-state index is -3.19. The van der Waals surface area contributed by atoms with Crippen LogP contribution in [0.15, 0.2) is 22.1 Å². The Kier molecular flexibility index (Phi) is 1.28. The molecule has 0 aromatic carbocycles. The molecular weight excluding hydrogens is 142 g/mol. The van der Waals surface area contributed by atoms with E-state index in [2.05, 4.69) is 9.40 Å². The van der Waals surface area contributed by atoms with Gasteiger partial charge in [0, 0.05) is 6.26 Å². The number of oxazole rings is 1. The lowest BCUT2D eigenvalue weighted by atomic mass is 11.0. The summed E-state index contributed by atoms with van der Waals surface area (Å²) in [5.74, 6) is 0. The summed E-state index contributed by atoms with van der Waals surface area (Å²) < 4.78 is 25.6. The van der Waals surface area contributed by atoms with Gasteiger partial charge in [0.1, 0.15) is 0 Å². The highest BCUT2D eigenvalue weighted by molar-refractivity contribution is 7.90. The van der Waals surface area contributed by atoms with E-state index in [1.807, 2.05) is 0 Å². The lowest BCUT2D eigenvalue weighted by Crippen LogP contribution is -1.93. The van der Waals surface area contributed by atoms with Gasteiger partial charge in [0.15, 0.2) is 6.39 Å². The van der Waals surface area contributed by atoms with E-state index in [0.717, 1.165) is 18.8 Å². The molecule has 0 saturated carbocycles. The molecule has 1 rings (SSSR count). The van der Waals surface area contributed by atoms with Gasteiger partial charge < -0.3 is 4.42 Å². The molecule has 1 heterocycles. The Balaban J connectivity index is 3.20. The SMILES string of the molecule is CS(=O)(=O)c1cnco1. The van der Waals surface area contributed by atoms with Gasteiger partial charge in [0.2, 0.25) is 14.9 Å². The molecule has 0 unspecified atom stereocenters. The van der Waals surface area contributed by atoms with Gasteiger partial charge >= 0.3 is 0 Å². The Morgan fingerprint density at radius 2 is 2.33 bits per heavy atom. The van der Waals surface area contributed by atoms with E-state index in [1.165, 1.54) is 0 Å². The first-order valence-corrected chi connectivity index (χ1v) is 4.08. The zero-order valence-electron chi connectivity index (χ0n) is 4.73. The second-order valence-electron chi connectivity index (χ2n) is 1.59. The van der Waals surface area contributed by atoms with Crippen LogP contribution in [0.1, 0.15) is 0 Å². The fourth-order valence-electron chi connectivity index (χ4n) is 0.387. The monoisotopic (exact) mass is 147 g/mol. The lowest BCUT2D eigenvalue weighted by Gasteiger charge is -1.84. The van der Waals surface area contributed by atoms with Gasteiger partial charge in [-0.3, -0.25) is 0 Å². The van der Waals surface area contributed by atoms with Crippen molar-refractivity contribution in [1.29, 1.82) is 0 Å². The van der Waals surface area contributed by atoms with Crippen LogP contribution in [-0.4, -0.2) is 19.7 Å². The van der Waals surface area contributed by atoms with Gasteiger partial charge in [-0.25, -0.2) is 13.4 Å². The molecule has 5 heteroatoms. The quantitative estimate of drug-likeness (QED) is 0.564. The first-order valence-electron chi connectivity index (χ1n) is 2.19. The molecule has 0 aliphatic heterocycles. The van der Waals surface area contributed by atoms with Crippen molar-refractivity contribution in [2.75, 3.05) is 6.26 Å². The number of hydrogen-bond acceptors (Lipinski definition) is 4. The van der Waals surface area contributed by atoms with Crippen LogP contribution < -0.4 is 0 Å². The molecule has 0 aliphatic carbocycles. The number of aromatic nitrogens is 1. The lowest BCUT2D eigenvalue weighted by molar-refractivity contribution is 0.448. The Morgan fingerprint density at radius 1 is 1.67 bits per heavy atom. The van der Waals surface area contributed by atoms with Crippen molar-refractivity contribution < 1.29 is 12.8 Å². The first-order chi connectivity index (χ1) is 4.11. The third-order valence-electron chi connectivity index (χ3n) is 0.775. The highest BCUT2D eigenvalue weighted by Gasteiger charge is 2.08. The largest absolute Gasteiger partial charge is 0.432 e. The predicted molar refractivity (Wildman–Crippen MR) is 29.6 cm³/mol. The summed E-state index contributed by atoms with van der Waals surface area (Å²) in [5.41, 5.74) is 0. The van der Waals surface area contributed by atoms with Crippen LogP contribution in [0, 0.1) is 0 Å². The van der Waals surface area contributed by atoms with E-state index >= 15 is 0 Å². The van der Waals surface area contributed by atoms with Crippen molar-refractivity contribution in [2.45, 2.75) is 5.09 Å². The van der Waals surface area contributed by atoms with Crippen LogP contribution in [0.2, 0.25) is 0 Å². The van der Waals surface area contributed by atoms with Crippen LogP contribution in [0.3, 0.4) is 0 Å². The Hall–Kier alpha value is -0.840. The molecule has 0 spiro atoms. The van der Waals surface area contributed by atoms with E-state index in [-0.39, 0.29) is 5.09 Å². The summed E-state index contributed by atoms with van der Waals surface area (Å²) in [4.78, 5) is 3.44. The molecule has 1 aromatic rings. The maximum atomic E-state index is 10.6. The second kappa shape index (κ2) is 1.84. The van der Waals surface area contributed by atoms with Crippen LogP contribution >= 0.6 is 0 Å². The molecule has 0 amide bonds. The number of hydrogen-bond donors (Lipinski definition) is 0. The van der Waals surface area contributed by atoms with E-state index in [0.29, 0.717) is 0 Å². The van der Waals surface area contributed by atoms with E-state index in [4.69, 9.17) is 0 Å². The van der Waals surface area contributed by atoms with Crippen LogP contribution in [0.5, 0.6) is 0 Å². The van der Waals surface area contributed by atoms with Crippen LogP contribution in [0.4, 0.5) is 0 Å². The summed E-state index contributed by atoms with van der Waals surface area (Å²) in [6, 6.07) is 0. The molecule has 50 valence electrons. The highest BCUT2D eigenvalue weighted by atomic mass is 32.2. The summed E-state index contributed by atoms with van der Waals surface area (Å²) in [5, 5.41) is -0.0949. The molecule has 0 fully saturated rings. The summed E-state index contributed by atoms with van der Waals surface area (Å²) >= 11 is 0. The zero-order chi connectivity index (χ0) is 6.91. The molecule has 9 heavy (non-hydrogen) atoms. The summed E-state index contributed by atoms with van der Waals surface area (Å²) in [7, 11) is -3.19. The minimum absolute atomic E-state index is 0.0949. The van der Waals surface area contributed by atoms with Crippen molar-refractivity contribution in [2.24, 2.45) is 0 Å². The minimum Gasteiger partial charge on any atom is -0.432 e. The number of rotatable bonds is 1. The molecule has 1 aromatic heterocycles. The highest BCUT2D eigenvalue weighted by Crippen LogP contribution is 2.04. The Bertz CT molecular complexity index is 273. The maximum absolute atomic E-state index is 10.6. The molecule has 4 nitrogen and oxygen atoms in total. The molecule has 0 aliphatic rings. The van der Waals surface area contributed by atoms with Crippen molar-refractivity contribution in [3.63, 3.8) is 0 Å². The van der Waals surface area contributed by atoms with Crippen molar-refractivity contribution in [1.82, 2.24) is 4.98 Å².